The first-order chi connectivity index (χ1) is 3.80. The fourth-order valence-corrected chi connectivity index (χ4v) is 3.09. The van der Waals surface area contributed by atoms with Crippen LogP contribution >= 0.6 is 11.8 Å². The summed E-state index contributed by atoms with van der Waals surface area (Å²) in [6, 6.07) is 0. The van der Waals surface area contributed by atoms with Crippen molar-refractivity contribution in [3.05, 3.63) is 0 Å². The first-order valence-electron chi connectivity index (χ1n) is 2.78. The second-order valence-electron chi connectivity index (χ2n) is 2.04. The molecule has 0 aromatic carbocycles. The van der Waals surface area contributed by atoms with Gasteiger partial charge in [0.25, 0.3) is 0 Å². The molecule has 0 aromatic rings. The molecule has 1 radical (unpaired) electrons. The minimum Gasteiger partial charge on any atom is -0.287 e. The molecule has 0 amide bonds. The van der Waals surface area contributed by atoms with E-state index in [4.69, 9.17) is 0 Å². The third-order valence-corrected chi connectivity index (χ3v) is 4.47. The molecule has 1 rings (SSSR count). The van der Waals surface area contributed by atoms with E-state index in [9.17, 15) is 0 Å². The lowest BCUT2D eigenvalue weighted by atomic mass is 10.8. The van der Waals surface area contributed by atoms with Crippen LogP contribution in [0.3, 0.4) is 0 Å². The topological polar surface area (TPSA) is 12.4 Å². The highest BCUT2D eigenvalue weighted by atomic mass is 32.2. The molecule has 8 heavy (non-hydrogen) atoms. The molecule has 0 spiro atoms. The average Bonchev–Trinajstić information content (AvgIpc) is 2.12. The molecule has 1 aliphatic heterocycles. The van der Waals surface area contributed by atoms with Gasteiger partial charge in [-0.15, -0.1) is 11.8 Å². The first-order valence-corrected chi connectivity index (χ1v) is 6.27. The van der Waals surface area contributed by atoms with Crippen LogP contribution in [-0.2, 0) is 0 Å². The zero-order chi connectivity index (χ0) is 5.98. The standard InChI is InChI=1S/C5H10NSSi/c1-8(2)5-6-3-4-7-5/h3-4H2,1-2H3. The number of thioether (sulfide) groups is 1. The lowest BCUT2D eigenvalue weighted by molar-refractivity contribution is 1.18. The number of nitrogens with zero attached hydrogens (tertiary/aromatic N) is 1. The molecular weight excluding hydrogens is 134 g/mol. The van der Waals surface area contributed by atoms with Crippen LogP contribution in [0.15, 0.2) is 4.99 Å². The van der Waals surface area contributed by atoms with Gasteiger partial charge in [0.2, 0.25) is 0 Å². The second kappa shape index (κ2) is 2.69. The largest absolute Gasteiger partial charge is 0.287 e. The predicted octanol–water partition coefficient (Wildman–Crippen LogP) is 1.43. The molecule has 0 saturated heterocycles. The third kappa shape index (κ3) is 1.35. The molecule has 1 nitrogen and oxygen atoms in total. The minimum atomic E-state index is -0.199. The molecule has 0 fully saturated rings. The molecule has 0 unspecified atom stereocenters. The Labute approximate surface area is 56.2 Å². The van der Waals surface area contributed by atoms with Crippen molar-refractivity contribution in [3.8, 4) is 0 Å². The van der Waals surface area contributed by atoms with E-state index in [1.807, 2.05) is 11.8 Å². The number of aliphatic imine (C=N–C) groups is 1. The third-order valence-electron chi connectivity index (χ3n) is 1.01. The fraction of sp³-hybridized carbons (Fsp3) is 0.800. The summed E-state index contributed by atoms with van der Waals surface area (Å²) >= 11 is 1.95. The van der Waals surface area contributed by atoms with Gasteiger partial charge in [-0.3, -0.25) is 4.99 Å². The van der Waals surface area contributed by atoms with Crippen LogP contribution in [0.25, 0.3) is 0 Å². The molecule has 1 heterocycles. The molecule has 0 aromatic heterocycles. The van der Waals surface area contributed by atoms with Crippen LogP contribution in [0.5, 0.6) is 0 Å². The zero-order valence-corrected chi connectivity index (χ0v) is 7.09. The Balaban J connectivity index is 2.45. The summed E-state index contributed by atoms with van der Waals surface area (Å²) in [5.74, 6) is 1.23. The lowest BCUT2D eigenvalue weighted by Crippen LogP contribution is -2.11. The van der Waals surface area contributed by atoms with Gasteiger partial charge >= 0.3 is 0 Å². The van der Waals surface area contributed by atoms with Gasteiger partial charge in [0.15, 0.2) is 0 Å². The number of hydrogen-bond donors (Lipinski definition) is 0. The van der Waals surface area contributed by atoms with Crippen molar-refractivity contribution < 1.29 is 0 Å². The molecule has 0 N–H and O–H groups in total. The molecule has 0 saturated carbocycles. The van der Waals surface area contributed by atoms with E-state index in [-0.39, 0.29) is 8.80 Å². The number of hydrogen-bond acceptors (Lipinski definition) is 2. The van der Waals surface area contributed by atoms with Crippen molar-refractivity contribution in [3.63, 3.8) is 0 Å². The van der Waals surface area contributed by atoms with Crippen molar-refractivity contribution in [1.82, 2.24) is 0 Å². The summed E-state index contributed by atoms with van der Waals surface area (Å²) in [5.41, 5.74) is 0. The fourth-order valence-electron chi connectivity index (χ4n) is 0.638. The van der Waals surface area contributed by atoms with Gasteiger partial charge in [0.1, 0.15) is 8.80 Å². The van der Waals surface area contributed by atoms with Crippen LogP contribution in [0, 0.1) is 0 Å². The van der Waals surface area contributed by atoms with Gasteiger partial charge < -0.3 is 0 Å². The van der Waals surface area contributed by atoms with Gasteiger partial charge in [-0.1, -0.05) is 13.1 Å². The quantitative estimate of drug-likeness (QED) is 0.507. The van der Waals surface area contributed by atoms with E-state index >= 15 is 0 Å². The zero-order valence-electron chi connectivity index (χ0n) is 5.27. The maximum atomic E-state index is 4.36. The van der Waals surface area contributed by atoms with E-state index in [2.05, 4.69) is 18.1 Å². The van der Waals surface area contributed by atoms with E-state index in [1.54, 1.807) is 0 Å². The van der Waals surface area contributed by atoms with E-state index in [0.29, 0.717) is 0 Å². The Morgan fingerprint density at radius 3 is 2.62 bits per heavy atom. The lowest BCUT2D eigenvalue weighted by Gasteiger charge is -1.97. The molecule has 3 heteroatoms. The normalized spacial score (nSPS) is 19.6. The Morgan fingerprint density at radius 1 is 1.62 bits per heavy atom. The maximum Gasteiger partial charge on any atom is 0.112 e. The summed E-state index contributed by atoms with van der Waals surface area (Å²) in [6.45, 7) is 5.65. The Hall–Kier alpha value is 0.237. The molecule has 0 bridgehead atoms. The molecular formula is C5H10NSSi. The summed E-state index contributed by atoms with van der Waals surface area (Å²) in [4.78, 5) is 4.36. The Bertz CT molecular complexity index is 111. The Morgan fingerprint density at radius 2 is 2.38 bits per heavy atom. The van der Waals surface area contributed by atoms with Gasteiger partial charge in [0.05, 0.1) is 0 Å². The van der Waals surface area contributed by atoms with Crippen molar-refractivity contribution in [2.75, 3.05) is 12.3 Å². The average molecular weight is 144 g/mol. The summed E-state index contributed by atoms with van der Waals surface area (Å²) in [7, 11) is -0.199. The van der Waals surface area contributed by atoms with Crippen molar-refractivity contribution >= 4 is 25.2 Å². The highest BCUT2D eigenvalue weighted by Gasteiger charge is 2.10. The van der Waals surface area contributed by atoms with Crippen molar-refractivity contribution in [1.29, 1.82) is 0 Å². The minimum absolute atomic E-state index is 0.199. The van der Waals surface area contributed by atoms with Gasteiger partial charge in [-0.25, -0.2) is 0 Å². The predicted molar refractivity (Wildman–Crippen MR) is 42.2 cm³/mol. The van der Waals surface area contributed by atoms with E-state index in [1.165, 1.54) is 10.4 Å². The molecule has 0 atom stereocenters. The number of rotatable bonds is 1. The van der Waals surface area contributed by atoms with Gasteiger partial charge in [0, 0.05) is 17.0 Å². The van der Waals surface area contributed by atoms with Crippen LogP contribution < -0.4 is 0 Å². The van der Waals surface area contributed by atoms with Gasteiger partial charge in [-0.05, 0) is 0 Å². The van der Waals surface area contributed by atoms with Crippen LogP contribution in [0.2, 0.25) is 13.1 Å². The molecule has 1 aliphatic rings. The summed E-state index contributed by atoms with van der Waals surface area (Å²) in [5, 5.41) is 0. The monoisotopic (exact) mass is 144 g/mol. The van der Waals surface area contributed by atoms with Gasteiger partial charge in [-0.2, -0.15) is 0 Å². The molecule has 45 valence electrons. The van der Waals surface area contributed by atoms with Crippen molar-refractivity contribution in [2.45, 2.75) is 13.1 Å². The van der Waals surface area contributed by atoms with Crippen LogP contribution in [-0.4, -0.2) is 25.8 Å². The van der Waals surface area contributed by atoms with E-state index < -0.39 is 0 Å². The highest BCUT2D eigenvalue weighted by molar-refractivity contribution is 8.17. The van der Waals surface area contributed by atoms with Crippen molar-refractivity contribution in [2.24, 2.45) is 4.99 Å². The SMILES string of the molecule is C[Si](C)C1=NCCS1. The second-order valence-corrected chi connectivity index (χ2v) is 5.95. The van der Waals surface area contributed by atoms with Crippen LogP contribution in [0.4, 0.5) is 0 Å². The maximum absolute atomic E-state index is 4.36. The summed E-state index contributed by atoms with van der Waals surface area (Å²) in [6.07, 6.45) is 0. The summed E-state index contributed by atoms with van der Waals surface area (Å²) < 4.78 is 1.44. The Kier molecular flexibility index (Phi) is 2.14. The van der Waals surface area contributed by atoms with E-state index in [0.717, 1.165) is 6.54 Å². The first kappa shape index (κ1) is 6.36. The smallest absolute Gasteiger partial charge is 0.112 e. The highest BCUT2D eigenvalue weighted by Crippen LogP contribution is 2.13. The van der Waals surface area contributed by atoms with Crippen LogP contribution in [0.1, 0.15) is 0 Å². The molecule has 0 aliphatic carbocycles.